The van der Waals surface area contributed by atoms with E-state index in [1.54, 1.807) is 0 Å². The number of rotatable bonds is 6. The van der Waals surface area contributed by atoms with E-state index >= 15 is 0 Å². The molecule has 1 aromatic carbocycles. The smallest absolute Gasteiger partial charge is 0.142 e. The van der Waals surface area contributed by atoms with Crippen molar-refractivity contribution in [1.82, 2.24) is 0 Å². The second-order valence-corrected chi connectivity index (χ2v) is 4.42. The van der Waals surface area contributed by atoms with E-state index < -0.39 is 8.03 Å². The van der Waals surface area contributed by atoms with E-state index in [4.69, 9.17) is 4.52 Å². The van der Waals surface area contributed by atoms with E-state index in [0.717, 1.165) is 24.6 Å². The van der Waals surface area contributed by atoms with E-state index in [9.17, 15) is 4.57 Å². The molecule has 0 fully saturated rings. The van der Waals surface area contributed by atoms with Crippen molar-refractivity contribution in [3.8, 4) is 0 Å². The Morgan fingerprint density at radius 2 is 1.93 bits per heavy atom. The topological polar surface area (TPSA) is 26.3 Å². The zero-order valence-electron chi connectivity index (χ0n) is 8.48. The summed E-state index contributed by atoms with van der Waals surface area (Å²) >= 11 is 0. The van der Waals surface area contributed by atoms with Crippen LogP contribution in [0.4, 0.5) is 0 Å². The normalized spacial score (nSPS) is 11.4. The van der Waals surface area contributed by atoms with Crippen molar-refractivity contribution >= 4 is 13.3 Å². The molecule has 0 bridgehead atoms. The van der Waals surface area contributed by atoms with Crippen LogP contribution in [0, 0.1) is 0 Å². The van der Waals surface area contributed by atoms with Crippen LogP contribution < -0.4 is 5.30 Å². The standard InChI is InChI=1S/C11H16O2P/c1-2-3-7-10-13-14(12)11-8-5-4-6-9-11/h4-6,8-9H,2-3,7,10H2,1H3/q+1. The SMILES string of the molecule is CCCCCO[P+](=O)c1ccccc1. The van der Waals surface area contributed by atoms with Gasteiger partial charge in [0.05, 0.1) is 0 Å². The Morgan fingerprint density at radius 1 is 1.21 bits per heavy atom. The van der Waals surface area contributed by atoms with Crippen molar-refractivity contribution in [2.24, 2.45) is 0 Å². The third-order valence-corrected chi connectivity index (χ3v) is 3.06. The van der Waals surface area contributed by atoms with E-state index in [1.807, 2.05) is 30.3 Å². The number of benzene rings is 1. The van der Waals surface area contributed by atoms with Gasteiger partial charge in [-0.3, -0.25) is 0 Å². The van der Waals surface area contributed by atoms with Crippen LogP contribution in [0.2, 0.25) is 0 Å². The molecule has 76 valence electrons. The monoisotopic (exact) mass is 211 g/mol. The van der Waals surface area contributed by atoms with Gasteiger partial charge in [-0.05, 0) is 23.1 Å². The minimum absolute atomic E-state index is 0.595. The van der Waals surface area contributed by atoms with Crippen molar-refractivity contribution in [3.63, 3.8) is 0 Å². The van der Waals surface area contributed by atoms with Crippen LogP contribution in [0.5, 0.6) is 0 Å². The lowest BCUT2D eigenvalue weighted by atomic mass is 10.3. The van der Waals surface area contributed by atoms with Gasteiger partial charge in [-0.2, -0.15) is 0 Å². The lowest BCUT2D eigenvalue weighted by molar-refractivity contribution is 0.323. The second kappa shape index (κ2) is 6.69. The minimum atomic E-state index is -1.64. The molecule has 1 aromatic rings. The molecule has 3 heteroatoms. The molecule has 0 aromatic heterocycles. The highest BCUT2D eigenvalue weighted by Crippen LogP contribution is 2.21. The molecule has 0 heterocycles. The molecule has 0 aliphatic carbocycles. The summed E-state index contributed by atoms with van der Waals surface area (Å²) in [6, 6.07) is 9.32. The average molecular weight is 211 g/mol. The van der Waals surface area contributed by atoms with E-state index in [0.29, 0.717) is 6.61 Å². The van der Waals surface area contributed by atoms with Gasteiger partial charge >= 0.3 is 8.03 Å². The molecule has 0 saturated carbocycles. The average Bonchev–Trinajstić information content (AvgIpc) is 2.25. The highest BCUT2D eigenvalue weighted by atomic mass is 31.1. The minimum Gasteiger partial charge on any atom is -0.142 e. The highest BCUT2D eigenvalue weighted by molar-refractivity contribution is 7.48. The first-order chi connectivity index (χ1) is 6.84. The Labute approximate surface area is 86.2 Å². The van der Waals surface area contributed by atoms with Gasteiger partial charge in [-0.1, -0.05) is 38.0 Å². The van der Waals surface area contributed by atoms with Crippen molar-refractivity contribution < 1.29 is 9.09 Å². The molecule has 0 aliphatic heterocycles. The van der Waals surface area contributed by atoms with Gasteiger partial charge in [0.15, 0.2) is 0 Å². The van der Waals surface area contributed by atoms with Gasteiger partial charge in [0.2, 0.25) is 5.30 Å². The van der Waals surface area contributed by atoms with Gasteiger partial charge in [0.25, 0.3) is 0 Å². The Kier molecular flexibility index (Phi) is 5.43. The van der Waals surface area contributed by atoms with Crippen LogP contribution in [0.15, 0.2) is 30.3 Å². The molecular formula is C11H16O2P+. The highest BCUT2D eigenvalue weighted by Gasteiger charge is 2.20. The van der Waals surface area contributed by atoms with Gasteiger partial charge in [-0.25, -0.2) is 0 Å². The third kappa shape index (κ3) is 3.99. The summed E-state index contributed by atoms with van der Waals surface area (Å²) in [5.41, 5.74) is 0. The van der Waals surface area contributed by atoms with Crippen molar-refractivity contribution in [1.29, 1.82) is 0 Å². The lowest BCUT2D eigenvalue weighted by Crippen LogP contribution is -1.97. The van der Waals surface area contributed by atoms with E-state index in [2.05, 4.69) is 6.92 Å². The first kappa shape index (κ1) is 11.4. The zero-order chi connectivity index (χ0) is 10.2. The summed E-state index contributed by atoms with van der Waals surface area (Å²) in [7, 11) is -1.64. The van der Waals surface area contributed by atoms with Crippen LogP contribution >= 0.6 is 8.03 Å². The maximum Gasteiger partial charge on any atom is 0.548 e. The fraction of sp³-hybridized carbons (Fsp3) is 0.455. The fourth-order valence-electron chi connectivity index (χ4n) is 1.12. The summed E-state index contributed by atoms with van der Waals surface area (Å²) in [4.78, 5) is 0. The van der Waals surface area contributed by atoms with E-state index in [-0.39, 0.29) is 0 Å². The number of unbranched alkanes of at least 4 members (excludes halogenated alkanes) is 2. The van der Waals surface area contributed by atoms with Crippen molar-refractivity contribution in [3.05, 3.63) is 30.3 Å². The second-order valence-electron chi connectivity index (χ2n) is 3.13. The fourth-order valence-corrected chi connectivity index (χ4v) is 1.98. The molecule has 0 radical (unpaired) electrons. The Balaban J connectivity index is 2.29. The summed E-state index contributed by atoms with van der Waals surface area (Å²) in [5, 5.41) is 0.777. The third-order valence-electron chi connectivity index (χ3n) is 1.92. The predicted molar refractivity (Wildman–Crippen MR) is 59.2 cm³/mol. The molecule has 0 N–H and O–H groups in total. The molecule has 0 amide bonds. The van der Waals surface area contributed by atoms with Crippen molar-refractivity contribution in [2.45, 2.75) is 26.2 Å². The molecule has 0 saturated heterocycles. The van der Waals surface area contributed by atoms with Crippen molar-refractivity contribution in [2.75, 3.05) is 6.61 Å². The summed E-state index contributed by atoms with van der Waals surface area (Å²) in [6.45, 7) is 2.73. The Morgan fingerprint density at radius 3 is 2.57 bits per heavy atom. The summed E-state index contributed by atoms with van der Waals surface area (Å²) < 4.78 is 16.8. The molecule has 0 spiro atoms. The molecule has 1 unspecified atom stereocenters. The quantitative estimate of drug-likeness (QED) is 0.533. The van der Waals surface area contributed by atoms with Crippen LogP contribution in [0.25, 0.3) is 0 Å². The lowest BCUT2D eigenvalue weighted by Gasteiger charge is -1.91. The van der Waals surface area contributed by atoms with Gasteiger partial charge in [0.1, 0.15) is 6.61 Å². The number of hydrogen-bond acceptors (Lipinski definition) is 2. The number of hydrogen-bond donors (Lipinski definition) is 0. The predicted octanol–water partition coefficient (Wildman–Crippen LogP) is 3.26. The molecule has 14 heavy (non-hydrogen) atoms. The van der Waals surface area contributed by atoms with Crippen LogP contribution in [-0.4, -0.2) is 6.61 Å². The first-order valence-electron chi connectivity index (χ1n) is 5.00. The maximum absolute atomic E-state index is 11.5. The van der Waals surface area contributed by atoms with E-state index in [1.165, 1.54) is 0 Å². The largest absolute Gasteiger partial charge is 0.548 e. The van der Waals surface area contributed by atoms with Crippen LogP contribution in [-0.2, 0) is 9.09 Å². The van der Waals surface area contributed by atoms with Crippen LogP contribution in [0.1, 0.15) is 26.2 Å². The molecular weight excluding hydrogens is 195 g/mol. The maximum atomic E-state index is 11.5. The Hall–Kier alpha value is -0.720. The molecule has 1 atom stereocenters. The van der Waals surface area contributed by atoms with Gasteiger partial charge in [0, 0.05) is 0 Å². The molecule has 1 rings (SSSR count). The first-order valence-corrected chi connectivity index (χ1v) is 6.17. The Bertz CT molecular complexity index is 272. The summed E-state index contributed by atoms with van der Waals surface area (Å²) in [6.07, 6.45) is 3.29. The van der Waals surface area contributed by atoms with Gasteiger partial charge < -0.3 is 0 Å². The zero-order valence-corrected chi connectivity index (χ0v) is 9.37. The molecule has 2 nitrogen and oxygen atoms in total. The van der Waals surface area contributed by atoms with Crippen LogP contribution in [0.3, 0.4) is 0 Å². The summed E-state index contributed by atoms with van der Waals surface area (Å²) in [5.74, 6) is 0. The van der Waals surface area contributed by atoms with Gasteiger partial charge in [-0.15, -0.1) is 4.52 Å². The molecule has 0 aliphatic rings.